The molecule has 1 amide bonds. The van der Waals surface area contributed by atoms with E-state index in [1.165, 1.54) is 0 Å². The van der Waals surface area contributed by atoms with Crippen LogP contribution in [0.2, 0.25) is 5.02 Å². The molecule has 0 saturated carbocycles. The number of allylic oxidation sites excluding steroid dienone is 1. The fourth-order valence-corrected chi connectivity index (χ4v) is 4.46. The third kappa shape index (κ3) is 5.38. The van der Waals surface area contributed by atoms with Gasteiger partial charge in [0.05, 0.1) is 17.3 Å². The van der Waals surface area contributed by atoms with Crippen molar-refractivity contribution in [3.05, 3.63) is 40.1 Å². The molecule has 0 unspecified atom stereocenters. The van der Waals surface area contributed by atoms with E-state index in [1.807, 2.05) is 46.9 Å². The largest absolute Gasteiger partial charge is 0.492 e. The Hall–Kier alpha value is -3.00. The zero-order valence-corrected chi connectivity index (χ0v) is 21.2. The predicted molar refractivity (Wildman–Crippen MR) is 135 cm³/mol. The van der Waals surface area contributed by atoms with E-state index in [2.05, 4.69) is 26.7 Å². The van der Waals surface area contributed by atoms with Crippen LogP contribution >= 0.6 is 11.6 Å². The molecule has 0 bridgehead atoms. The Kier molecular flexibility index (Phi) is 6.89. The van der Waals surface area contributed by atoms with E-state index in [9.17, 15) is 4.79 Å². The lowest BCUT2D eigenvalue weighted by atomic mass is 9.96. The molecule has 0 aliphatic carbocycles. The Morgan fingerprint density at radius 3 is 2.76 bits per heavy atom. The van der Waals surface area contributed by atoms with Crippen molar-refractivity contribution in [2.24, 2.45) is 0 Å². The highest BCUT2D eigenvalue weighted by Crippen LogP contribution is 2.45. The number of rotatable bonds is 4. The second kappa shape index (κ2) is 9.70. The van der Waals surface area contributed by atoms with Crippen LogP contribution in [-0.2, 0) is 11.2 Å². The van der Waals surface area contributed by atoms with Crippen LogP contribution in [0.4, 0.5) is 22.2 Å². The number of amides is 1. The highest BCUT2D eigenvalue weighted by Gasteiger charge is 2.28. The summed E-state index contributed by atoms with van der Waals surface area (Å²) in [4.78, 5) is 23.3. The molecule has 0 spiro atoms. The monoisotopic (exact) mass is 485 g/mol. The number of benzene rings is 1. The van der Waals surface area contributed by atoms with Crippen molar-refractivity contribution in [1.29, 1.82) is 0 Å². The molecule has 0 radical (unpaired) electrons. The van der Waals surface area contributed by atoms with Crippen molar-refractivity contribution in [2.45, 2.75) is 52.6 Å². The summed E-state index contributed by atoms with van der Waals surface area (Å²) in [6, 6.07) is 3.89. The number of hydrogen-bond acceptors (Lipinski definition) is 7. The van der Waals surface area contributed by atoms with Crippen LogP contribution < -0.4 is 15.4 Å². The molecule has 3 heterocycles. The van der Waals surface area contributed by atoms with E-state index < -0.39 is 5.60 Å². The third-order valence-electron chi connectivity index (χ3n) is 5.67. The van der Waals surface area contributed by atoms with Gasteiger partial charge in [-0.3, -0.25) is 0 Å². The minimum absolute atomic E-state index is 0.301. The van der Waals surface area contributed by atoms with Crippen molar-refractivity contribution in [3.8, 4) is 5.75 Å². The summed E-state index contributed by atoms with van der Waals surface area (Å²) in [5.74, 6) is 2.03. The maximum atomic E-state index is 12.6. The second-order valence-corrected chi connectivity index (χ2v) is 9.93. The van der Waals surface area contributed by atoms with Crippen LogP contribution in [0.15, 0.2) is 18.2 Å². The number of hydrogen-bond donors (Lipinski definition) is 2. The molecule has 2 aromatic rings. The first kappa shape index (κ1) is 24.1. The summed E-state index contributed by atoms with van der Waals surface area (Å²) in [6.07, 6.45) is 4.15. The first-order valence-corrected chi connectivity index (χ1v) is 12.0. The number of aryl methyl sites for hydroxylation is 1. The molecule has 1 aromatic carbocycles. The topological polar surface area (TPSA) is 88.6 Å². The van der Waals surface area contributed by atoms with Crippen LogP contribution in [0.5, 0.6) is 5.75 Å². The van der Waals surface area contributed by atoms with Gasteiger partial charge in [0.15, 0.2) is 0 Å². The molecule has 182 valence electrons. The zero-order chi connectivity index (χ0) is 24.5. The number of carbonyl (C=O) groups is 1. The molecular formula is C25H32ClN5O3. The van der Waals surface area contributed by atoms with Crippen molar-refractivity contribution < 1.29 is 14.3 Å². The van der Waals surface area contributed by atoms with E-state index >= 15 is 0 Å². The average Bonchev–Trinajstić information content (AvgIpc) is 3.07. The molecule has 4 rings (SSSR count). The molecule has 2 N–H and O–H groups in total. The molecule has 1 aromatic heterocycles. The van der Waals surface area contributed by atoms with E-state index in [0.29, 0.717) is 30.7 Å². The number of nitrogens with zero attached hydrogens (tertiary/aromatic N) is 3. The van der Waals surface area contributed by atoms with Crippen molar-refractivity contribution >= 4 is 40.7 Å². The standard InChI is InChI=1S/C25H32ClN5O3/c1-15-13-19(27-5)30-23(28-15)29-18-14-17-9-12-33-22(17)20(21(18)26)16-7-6-10-31(11-8-16)24(32)34-25(2,3)4/h8,13-14H,6-7,9-12H2,1-5H3,(H2,27,28,29,30). The number of nitrogens with one attached hydrogen (secondary N) is 2. The van der Waals surface area contributed by atoms with Gasteiger partial charge in [0.25, 0.3) is 0 Å². The summed E-state index contributed by atoms with van der Waals surface area (Å²) >= 11 is 6.97. The molecule has 9 heteroatoms. The fourth-order valence-electron chi connectivity index (χ4n) is 4.16. The molecule has 0 fully saturated rings. The van der Waals surface area contributed by atoms with Crippen LogP contribution in [0.1, 0.15) is 50.4 Å². The summed E-state index contributed by atoms with van der Waals surface area (Å²) in [6.45, 7) is 9.24. The number of anilines is 3. The summed E-state index contributed by atoms with van der Waals surface area (Å²) in [5.41, 5.74) is 4.10. The van der Waals surface area contributed by atoms with Crippen molar-refractivity contribution in [3.63, 3.8) is 0 Å². The number of aromatic nitrogens is 2. The molecule has 34 heavy (non-hydrogen) atoms. The zero-order valence-electron chi connectivity index (χ0n) is 20.4. The van der Waals surface area contributed by atoms with Gasteiger partial charge in [-0.05, 0) is 52.2 Å². The van der Waals surface area contributed by atoms with Gasteiger partial charge >= 0.3 is 6.09 Å². The fraction of sp³-hybridized carbons (Fsp3) is 0.480. The molecule has 8 nitrogen and oxygen atoms in total. The van der Waals surface area contributed by atoms with Crippen LogP contribution in [-0.4, -0.2) is 53.3 Å². The Balaban J connectivity index is 1.66. The Bertz CT molecular complexity index is 1130. The first-order valence-electron chi connectivity index (χ1n) is 11.6. The van der Waals surface area contributed by atoms with Gasteiger partial charge in [0.2, 0.25) is 5.95 Å². The maximum absolute atomic E-state index is 12.6. The maximum Gasteiger partial charge on any atom is 0.410 e. The van der Waals surface area contributed by atoms with E-state index in [-0.39, 0.29) is 6.09 Å². The van der Waals surface area contributed by atoms with Gasteiger partial charge in [0.1, 0.15) is 17.2 Å². The highest BCUT2D eigenvalue weighted by atomic mass is 35.5. The van der Waals surface area contributed by atoms with Gasteiger partial charge < -0.3 is 25.0 Å². The first-order chi connectivity index (χ1) is 16.1. The SMILES string of the molecule is CNc1cc(C)nc(Nc2cc3c(c(C4=CCN(C(=O)OC(C)(C)C)CCC4)c2Cl)OCC3)n1. The van der Waals surface area contributed by atoms with Crippen LogP contribution in [0.3, 0.4) is 0 Å². The van der Waals surface area contributed by atoms with E-state index in [0.717, 1.165) is 58.9 Å². The Morgan fingerprint density at radius 2 is 2.03 bits per heavy atom. The second-order valence-electron chi connectivity index (χ2n) is 9.55. The Morgan fingerprint density at radius 1 is 1.24 bits per heavy atom. The number of ether oxygens (including phenoxy) is 2. The van der Waals surface area contributed by atoms with E-state index in [4.69, 9.17) is 21.1 Å². The highest BCUT2D eigenvalue weighted by molar-refractivity contribution is 6.35. The minimum Gasteiger partial charge on any atom is -0.492 e. The molecule has 2 aliphatic rings. The summed E-state index contributed by atoms with van der Waals surface area (Å²) in [7, 11) is 1.82. The Labute approximate surface area is 205 Å². The lowest BCUT2D eigenvalue weighted by Crippen LogP contribution is -2.37. The number of carbonyl (C=O) groups excluding carboxylic acids is 1. The number of halogens is 1. The molecule has 0 saturated heterocycles. The minimum atomic E-state index is -0.529. The van der Waals surface area contributed by atoms with Crippen molar-refractivity contribution in [2.75, 3.05) is 37.4 Å². The summed E-state index contributed by atoms with van der Waals surface area (Å²) < 4.78 is 11.6. The van der Waals surface area contributed by atoms with Gasteiger partial charge in [-0.2, -0.15) is 4.98 Å². The molecule has 2 aliphatic heterocycles. The van der Waals surface area contributed by atoms with Gasteiger partial charge in [-0.1, -0.05) is 17.7 Å². The lowest BCUT2D eigenvalue weighted by Gasteiger charge is -2.25. The quantitative estimate of drug-likeness (QED) is 0.584. The third-order valence-corrected chi connectivity index (χ3v) is 6.07. The van der Waals surface area contributed by atoms with Gasteiger partial charge in [-0.25, -0.2) is 9.78 Å². The van der Waals surface area contributed by atoms with Crippen LogP contribution in [0, 0.1) is 6.92 Å². The van der Waals surface area contributed by atoms with Gasteiger partial charge in [-0.15, -0.1) is 0 Å². The lowest BCUT2D eigenvalue weighted by molar-refractivity contribution is 0.0273. The molecular weight excluding hydrogens is 454 g/mol. The number of fused-ring (bicyclic) bond motifs is 1. The smallest absolute Gasteiger partial charge is 0.410 e. The van der Waals surface area contributed by atoms with E-state index in [1.54, 1.807) is 4.90 Å². The molecule has 0 atom stereocenters. The van der Waals surface area contributed by atoms with Crippen molar-refractivity contribution in [1.82, 2.24) is 14.9 Å². The summed E-state index contributed by atoms with van der Waals surface area (Å²) in [5, 5.41) is 6.92. The predicted octanol–water partition coefficient (Wildman–Crippen LogP) is 5.57. The average molecular weight is 486 g/mol. The normalized spacial score (nSPS) is 15.7. The van der Waals surface area contributed by atoms with Gasteiger partial charge in [0, 0.05) is 49.4 Å². The van der Waals surface area contributed by atoms with Crippen LogP contribution in [0.25, 0.3) is 5.57 Å².